The molecule has 0 heterocycles. The Morgan fingerprint density at radius 1 is 1.06 bits per heavy atom. The van der Waals surface area contributed by atoms with Crippen molar-refractivity contribution in [3.63, 3.8) is 0 Å². The molecule has 90 valence electrons. The summed E-state index contributed by atoms with van der Waals surface area (Å²) in [7, 11) is 0. The summed E-state index contributed by atoms with van der Waals surface area (Å²) in [5.74, 6) is 1.59. The normalized spacial score (nSPS) is 14.9. The van der Waals surface area contributed by atoms with E-state index in [-0.39, 0.29) is 12.1 Å². The number of rotatable bonds is 5. The fourth-order valence-electron chi connectivity index (χ4n) is 1.79. The largest absolute Gasteiger partial charge is 0.491 e. The van der Waals surface area contributed by atoms with Gasteiger partial charge in [-0.25, -0.2) is 0 Å². The van der Waals surface area contributed by atoms with Crippen LogP contribution >= 0.6 is 0 Å². The first-order chi connectivity index (χ1) is 7.49. The van der Waals surface area contributed by atoms with Gasteiger partial charge in [0, 0.05) is 6.04 Å². The van der Waals surface area contributed by atoms with Crippen molar-refractivity contribution in [2.45, 2.75) is 46.3 Å². The van der Waals surface area contributed by atoms with Crippen molar-refractivity contribution in [2.75, 3.05) is 0 Å². The van der Waals surface area contributed by atoms with Gasteiger partial charge in [0.2, 0.25) is 0 Å². The summed E-state index contributed by atoms with van der Waals surface area (Å²) in [5.41, 5.74) is 6.93. The van der Waals surface area contributed by atoms with Gasteiger partial charge in [0.25, 0.3) is 0 Å². The fraction of sp³-hybridized carbons (Fsp3) is 0.571. The van der Waals surface area contributed by atoms with Gasteiger partial charge in [-0.3, -0.25) is 0 Å². The van der Waals surface area contributed by atoms with Crippen molar-refractivity contribution in [3.05, 3.63) is 29.8 Å². The molecular weight excluding hydrogens is 198 g/mol. The van der Waals surface area contributed by atoms with Gasteiger partial charge in [0.15, 0.2) is 0 Å². The molecule has 0 fully saturated rings. The SMILES string of the molecule is CC(C)CC(C)Oc1ccc([C@@H](C)N)cc1. The number of hydrogen-bond acceptors (Lipinski definition) is 2. The summed E-state index contributed by atoms with van der Waals surface area (Å²) in [5, 5.41) is 0. The molecule has 0 aromatic heterocycles. The van der Waals surface area contributed by atoms with Gasteiger partial charge >= 0.3 is 0 Å². The molecule has 0 bridgehead atoms. The minimum atomic E-state index is 0.0853. The molecule has 1 rings (SSSR count). The lowest BCUT2D eigenvalue weighted by Crippen LogP contribution is -2.14. The molecule has 0 aliphatic carbocycles. The molecule has 0 aliphatic heterocycles. The van der Waals surface area contributed by atoms with Crippen LogP contribution in [0.2, 0.25) is 0 Å². The highest BCUT2D eigenvalue weighted by Crippen LogP contribution is 2.18. The summed E-state index contributed by atoms with van der Waals surface area (Å²) < 4.78 is 5.82. The minimum Gasteiger partial charge on any atom is -0.491 e. The van der Waals surface area contributed by atoms with Crippen LogP contribution in [0.3, 0.4) is 0 Å². The third-order valence-corrected chi connectivity index (χ3v) is 2.55. The molecule has 1 aromatic carbocycles. The Bertz CT molecular complexity index is 303. The Morgan fingerprint density at radius 2 is 1.62 bits per heavy atom. The van der Waals surface area contributed by atoms with Crippen LogP contribution in [0.1, 0.15) is 45.7 Å². The number of ether oxygens (including phenoxy) is 1. The number of nitrogens with two attached hydrogens (primary N) is 1. The molecule has 1 unspecified atom stereocenters. The summed E-state index contributed by atoms with van der Waals surface area (Å²) in [4.78, 5) is 0. The first-order valence-corrected chi connectivity index (χ1v) is 6.01. The summed E-state index contributed by atoms with van der Waals surface area (Å²) in [6.45, 7) is 8.51. The zero-order chi connectivity index (χ0) is 12.1. The summed E-state index contributed by atoms with van der Waals surface area (Å²) in [6, 6.07) is 8.14. The highest BCUT2D eigenvalue weighted by molar-refractivity contribution is 5.28. The van der Waals surface area contributed by atoms with Crippen LogP contribution < -0.4 is 10.5 Å². The second kappa shape index (κ2) is 5.90. The first kappa shape index (κ1) is 13.0. The quantitative estimate of drug-likeness (QED) is 0.825. The van der Waals surface area contributed by atoms with Crippen molar-refractivity contribution in [3.8, 4) is 5.75 Å². The molecule has 2 heteroatoms. The lowest BCUT2D eigenvalue weighted by Gasteiger charge is -2.17. The number of benzene rings is 1. The van der Waals surface area contributed by atoms with Crippen molar-refractivity contribution in [2.24, 2.45) is 11.7 Å². The first-order valence-electron chi connectivity index (χ1n) is 6.01. The molecule has 2 N–H and O–H groups in total. The third-order valence-electron chi connectivity index (χ3n) is 2.55. The predicted molar refractivity (Wildman–Crippen MR) is 68.6 cm³/mol. The van der Waals surface area contributed by atoms with Crippen molar-refractivity contribution in [1.82, 2.24) is 0 Å². The Kier molecular flexibility index (Phi) is 4.81. The van der Waals surface area contributed by atoms with Gasteiger partial charge in [-0.1, -0.05) is 26.0 Å². The minimum absolute atomic E-state index is 0.0853. The van der Waals surface area contributed by atoms with Crippen molar-refractivity contribution in [1.29, 1.82) is 0 Å². The lowest BCUT2D eigenvalue weighted by atomic mass is 10.1. The Hall–Kier alpha value is -1.02. The van der Waals surface area contributed by atoms with Gasteiger partial charge in [-0.2, -0.15) is 0 Å². The van der Waals surface area contributed by atoms with Crippen LogP contribution in [-0.4, -0.2) is 6.10 Å². The zero-order valence-electron chi connectivity index (χ0n) is 10.7. The van der Waals surface area contributed by atoms with E-state index in [4.69, 9.17) is 10.5 Å². The fourth-order valence-corrected chi connectivity index (χ4v) is 1.79. The van der Waals surface area contributed by atoms with Gasteiger partial charge in [0.1, 0.15) is 5.75 Å². The van der Waals surface area contributed by atoms with E-state index < -0.39 is 0 Å². The molecule has 0 aliphatic rings. The highest BCUT2D eigenvalue weighted by atomic mass is 16.5. The third kappa shape index (κ3) is 4.23. The average molecular weight is 221 g/mol. The van der Waals surface area contributed by atoms with Gasteiger partial charge < -0.3 is 10.5 Å². The maximum Gasteiger partial charge on any atom is 0.119 e. The molecule has 2 atom stereocenters. The van der Waals surface area contributed by atoms with E-state index in [9.17, 15) is 0 Å². The molecule has 1 aromatic rings. The Labute approximate surface area is 98.8 Å². The standard InChI is InChI=1S/C14H23NO/c1-10(2)9-11(3)16-14-7-5-13(6-8-14)12(4)15/h5-8,10-12H,9,15H2,1-4H3/t11?,12-/m1/s1. The molecule has 0 saturated carbocycles. The second-order valence-corrected chi connectivity index (χ2v) is 4.92. The molecule has 16 heavy (non-hydrogen) atoms. The van der Waals surface area contributed by atoms with E-state index in [0.717, 1.165) is 17.7 Å². The van der Waals surface area contributed by atoms with Crippen LogP contribution in [0.15, 0.2) is 24.3 Å². The molecule has 0 amide bonds. The maximum absolute atomic E-state index is 5.82. The van der Waals surface area contributed by atoms with Crippen LogP contribution in [0, 0.1) is 5.92 Å². The van der Waals surface area contributed by atoms with Crippen LogP contribution in [0.5, 0.6) is 5.75 Å². The van der Waals surface area contributed by atoms with Crippen LogP contribution in [-0.2, 0) is 0 Å². The van der Waals surface area contributed by atoms with Gasteiger partial charge in [-0.15, -0.1) is 0 Å². The van der Waals surface area contributed by atoms with E-state index in [0.29, 0.717) is 5.92 Å². The topological polar surface area (TPSA) is 35.2 Å². The lowest BCUT2D eigenvalue weighted by molar-refractivity contribution is 0.193. The van der Waals surface area contributed by atoms with E-state index in [2.05, 4.69) is 20.8 Å². The van der Waals surface area contributed by atoms with Gasteiger partial charge in [0.05, 0.1) is 6.10 Å². The smallest absolute Gasteiger partial charge is 0.119 e. The molecular formula is C14H23NO. The second-order valence-electron chi connectivity index (χ2n) is 4.92. The molecule has 0 spiro atoms. The summed E-state index contributed by atoms with van der Waals surface area (Å²) >= 11 is 0. The van der Waals surface area contributed by atoms with E-state index in [1.807, 2.05) is 31.2 Å². The molecule has 0 radical (unpaired) electrons. The maximum atomic E-state index is 5.82. The Balaban J connectivity index is 2.55. The monoisotopic (exact) mass is 221 g/mol. The Morgan fingerprint density at radius 3 is 2.06 bits per heavy atom. The summed E-state index contributed by atoms with van der Waals surface area (Å²) in [6.07, 6.45) is 1.34. The zero-order valence-corrected chi connectivity index (χ0v) is 10.7. The molecule has 2 nitrogen and oxygen atoms in total. The molecule has 0 saturated heterocycles. The number of hydrogen-bond donors (Lipinski definition) is 1. The average Bonchev–Trinajstić information content (AvgIpc) is 2.16. The van der Waals surface area contributed by atoms with Crippen LogP contribution in [0.25, 0.3) is 0 Å². The van der Waals surface area contributed by atoms with Crippen molar-refractivity contribution < 1.29 is 4.74 Å². The van der Waals surface area contributed by atoms with E-state index >= 15 is 0 Å². The predicted octanol–water partition coefficient (Wildman–Crippen LogP) is 3.52. The van der Waals surface area contributed by atoms with Gasteiger partial charge in [-0.05, 0) is 43.9 Å². The van der Waals surface area contributed by atoms with E-state index in [1.54, 1.807) is 0 Å². The highest BCUT2D eigenvalue weighted by Gasteiger charge is 2.07. The van der Waals surface area contributed by atoms with E-state index in [1.165, 1.54) is 0 Å². The van der Waals surface area contributed by atoms with Crippen molar-refractivity contribution >= 4 is 0 Å². The van der Waals surface area contributed by atoms with Crippen LogP contribution in [0.4, 0.5) is 0 Å².